The van der Waals surface area contributed by atoms with Crippen molar-refractivity contribution in [2.75, 3.05) is 7.11 Å². The van der Waals surface area contributed by atoms with Crippen LogP contribution in [-0.4, -0.2) is 33.2 Å². The second kappa shape index (κ2) is 6.23. The zero-order chi connectivity index (χ0) is 17.3. The van der Waals surface area contributed by atoms with Gasteiger partial charge in [-0.2, -0.15) is 0 Å². The molecular weight excluding hydrogens is 306 g/mol. The highest BCUT2D eigenvalue weighted by molar-refractivity contribution is 6.08. The monoisotopic (exact) mass is 323 g/mol. The number of carbonyl (C=O) groups excluding carboxylic acids is 2. The maximum Gasteiger partial charge on any atom is 0.316 e. The molecule has 0 spiro atoms. The van der Waals surface area contributed by atoms with E-state index in [-0.39, 0.29) is 18.1 Å². The third-order valence-corrected chi connectivity index (χ3v) is 3.80. The molecule has 0 saturated heterocycles. The van der Waals surface area contributed by atoms with Gasteiger partial charge in [-0.1, -0.05) is 6.07 Å². The van der Waals surface area contributed by atoms with Gasteiger partial charge < -0.3 is 9.30 Å². The van der Waals surface area contributed by atoms with Gasteiger partial charge in [-0.25, -0.2) is 9.97 Å². The third-order valence-electron chi connectivity index (χ3n) is 3.80. The minimum atomic E-state index is -0.0366. The summed E-state index contributed by atoms with van der Waals surface area (Å²) >= 11 is 0. The summed E-state index contributed by atoms with van der Waals surface area (Å²) in [5, 5.41) is 0.817. The Bertz CT molecular complexity index is 927. The van der Waals surface area contributed by atoms with E-state index in [2.05, 4.69) is 9.97 Å². The third kappa shape index (κ3) is 2.90. The summed E-state index contributed by atoms with van der Waals surface area (Å²) in [7, 11) is 1.51. The number of ketones is 2. The summed E-state index contributed by atoms with van der Waals surface area (Å²) in [5.41, 5.74) is 3.18. The summed E-state index contributed by atoms with van der Waals surface area (Å²) in [4.78, 5) is 31.6. The second-order valence-corrected chi connectivity index (χ2v) is 5.62. The van der Waals surface area contributed by atoms with Crippen LogP contribution >= 0.6 is 0 Å². The van der Waals surface area contributed by atoms with Crippen LogP contribution in [0.4, 0.5) is 0 Å². The van der Waals surface area contributed by atoms with Crippen LogP contribution in [0.5, 0.6) is 6.01 Å². The normalized spacial score (nSPS) is 10.8. The Kier molecular flexibility index (Phi) is 4.12. The Balaban J connectivity index is 2.13. The molecule has 0 bridgehead atoms. The first-order valence-corrected chi connectivity index (χ1v) is 7.49. The lowest BCUT2D eigenvalue weighted by Gasteiger charge is -2.05. The molecule has 0 aliphatic heterocycles. The molecule has 1 aromatic carbocycles. The topological polar surface area (TPSA) is 74.1 Å². The number of carbonyl (C=O) groups is 2. The predicted molar refractivity (Wildman–Crippen MR) is 90.2 cm³/mol. The SMILES string of the molecule is COc1ncc(-c2ccc3c(c2)c(C(C)=O)cn3CC(C)=O)cn1. The second-order valence-electron chi connectivity index (χ2n) is 5.62. The number of rotatable bonds is 5. The van der Waals surface area contributed by atoms with Crippen molar-refractivity contribution in [3.63, 3.8) is 0 Å². The van der Waals surface area contributed by atoms with Gasteiger partial charge in [-0.3, -0.25) is 9.59 Å². The molecule has 0 amide bonds. The molecule has 0 radical (unpaired) electrons. The molecule has 2 aromatic heterocycles. The van der Waals surface area contributed by atoms with E-state index in [1.165, 1.54) is 21.0 Å². The highest BCUT2D eigenvalue weighted by Crippen LogP contribution is 2.28. The van der Waals surface area contributed by atoms with E-state index in [1.807, 2.05) is 22.8 Å². The molecule has 0 unspecified atom stereocenters. The molecule has 6 heteroatoms. The Labute approximate surface area is 139 Å². The molecule has 0 aliphatic rings. The van der Waals surface area contributed by atoms with E-state index in [9.17, 15) is 9.59 Å². The maximum atomic E-state index is 12.0. The standard InChI is InChI=1S/C18H17N3O3/c1-11(22)9-21-10-16(12(2)23)15-6-13(4-5-17(15)21)14-7-19-18(24-3)20-8-14/h4-8,10H,9H2,1-3H3. The fourth-order valence-corrected chi connectivity index (χ4v) is 2.70. The van der Waals surface area contributed by atoms with Crippen LogP contribution < -0.4 is 4.74 Å². The summed E-state index contributed by atoms with van der Waals surface area (Å²) in [6.45, 7) is 3.30. The van der Waals surface area contributed by atoms with Crippen LogP contribution in [0.1, 0.15) is 24.2 Å². The Hall–Kier alpha value is -3.02. The van der Waals surface area contributed by atoms with E-state index in [4.69, 9.17) is 4.74 Å². The number of aromatic nitrogens is 3. The van der Waals surface area contributed by atoms with Gasteiger partial charge in [0.1, 0.15) is 5.78 Å². The van der Waals surface area contributed by atoms with Crippen LogP contribution in [0.3, 0.4) is 0 Å². The summed E-state index contributed by atoms with van der Waals surface area (Å²) in [6, 6.07) is 6.06. The highest BCUT2D eigenvalue weighted by Gasteiger charge is 2.14. The molecule has 2 heterocycles. The number of methoxy groups -OCH3 is 1. The van der Waals surface area contributed by atoms with Crippen molar-refractivity contribution in [2.45, 2.75) is 20.4 Å². The molecule has 3 aromatic rings. The fourth-order valence-electron chi connectivity index (χ4n) is 2.70. The molecule has 0 fully saturated rings. The summed E-state index contributed by atoms with van der Waals surface area (Å²) in [5.74, 6) is 0.0000610. The van der Waals surface area contributed by atoms with E-state index in [0.29, 0.717) is 11.6 Å². The van der Waals surface area contributed by atoms with Crippen LogP contribution in [0.25, 0.3) is 22.0 Å². The Morgan fingerprint density at radius 2 is 1.83 bits per heavy atom. The highest BCUT2D eigenvalue weighted by atomic mass is 16.5. The van der Waals surface area contributed by atoms with Crippen molar-refractivity contribution < 1.29 is 14.3 Å². The summed E-state index contributed by atoms with van der Waals surface area (Å²) < 4.78 is 6.77. The van der Waals surface area contributed by atoms with Gasteiger partial charge in [0.2, 0.25) is 0 Å². The number of benzene rings is 1. The van der Waals surface area contributed by atoms with Crippen LogP contribution in [0.15, 0.2) is 36.8 Å². The molecule has 0 aliphatic carbocycles. The lowest BCUT2D eigenvalue weighted by atomic mass is 10.0. The minimum Gasteiger partial charge on any atom is -0.467 e. The zero-order valence-corrected chi connectivity index (χ0v) is 13.7. The lowest BCUT2D eigenvalue weighted by molar-refractivity contribution is -0.117. The van der Waals surface area contributed by atoms with Crippen molar-refractivity contribution in [1.82, 2.24) is 14.5 Å². The van der Waals surface area contributed by atoms with Crippen molar-refractivity contribution in [1.29, 1.82) is 0 Å². The maximum absolute atomic E-state index is 12.0. The van der Waals surface area contributed by atoms with Crippen LogP contribution in [0, 0.1) is 0 Å². The molecular formula is C18H17N3O3. The van der Waals surface area contributed by atoms with Gasteiger partial charge >= 0.3 is 6.01 Å². The van der Waals surface area contributed by atoms with Gasteiger partial charge in [0, 0.05) is 40.6 Å². The number of hydrogen-bond donors (Lipinski definition) is 0. The Morgan fingerprint density at radius 3 is 2.42 bits per heavy atom. The average Bonchev–Trinajstić information content (AvgIpc) is 2.92. The van der Waals surface area contributed by atoms with Crippen molar-refractivity contribution in [3.05, 3.63) is 42.4 Å². The first-order chi connectivity index (χ1) is 11.5. The minimum absolute atomic E-state index is 0.0366. The summed E-state index contributed by atoms with van der Waals surface area (Å²) in [6.07, 6.45) is 5.09. The molecule has 3 rings (SSSR count). The zero-order valence-electron chi connectivity index (χ0n) is 13.7. The van der Waals surface area contributed by atoms with E-state index in [0.717, 1.165) is 22.0 Å². The predicted octanol–water partition coefficient (Wildman–Crippen LogP) is 2.90. The smallest absolute Gasteiger partial charge is 0.316 e. The van der Waals surface area contributed by atoms with Crippen LogP contribution in [0.2, 0.25) is 0 Å². The van der Waals surface area contributed by atoms with E-state index in [1.54, 1.807) is 18.6 Å². The first kappa shape index (κ1) is 15.9. The molecule has 0 saturated carbocycles. The number of nitrogens with zero attached hydrogens (tertiary/aromatic N) is 3. The quantitative estimate of drug-likeness (QED) is 0.675. The largest absolute Gasteiger partial charge is 0.467 e. The molecule has 0 atom stereocenters. The number of hydrogen-bond acceptors (Lipinski definition) is 5. The Morgan fingerprint density at radius 1 is 1.12 bits per heavy atom. The van der Waals surface area contributed by atoms with Gasteiger partial charge in [-0.05, 0) is 31.5 Å². The number of Topliss-reactive ketones (excluding diaryl/α,β-unsaturated/α-hetero) is 2. The fraction of sp³-hybridized carbons (Fsp3) is 0.222. The van der Waals surface area contributed by atoms with Gasteiger partial charge in [0.05, 0.1) is 13.7 Å². The van der Waals surface area contributed by atoms with Crippen molar-refractivity contribution in [3.8, 4) is 17.1 Å². The van der Waals surface area contributed by atoms with Gasteiger partial charge in [0.25, 0.3) is 0 Å². The molecule has 6 nitrogen and oxygen atoms in total. The first-order valence-electron chi connectivity index (χ1n) is 7.49. The average molecular weight is 323 g/mol. The van der Waals surface area contributed by atoms with Crippen LogP contribution in [-0.2, 0) is 11.3 Å². The van der Waals surface area contributed by atoms with Gasteiger partial charge in [0.15, 0.2) is 5.78 Å². The molecule has 24 heavy (non-hydrogen) atoms. The molecule has 0 N–H and O–H groups in total. The van der Waals surface area contributed by atoms with Crippen molar-refractivity contribution >= 4 is 22.5 Å². The molecule has 122 valence electrons. The number of ether oxygens (including phenoxy) is 1. The van der Waals surface area contributed by atoms with E-state index < -0.39 is 0 Å². The lowest BCUT2D eigenvalue weighted by Crippen LogP contribution is -2.04. The van der Waals surface area contributed by atoms with Gasteiger partial charge in [-0.15, -0.1) is 0 Å². The van der Waals surface area contributed by atoms with Crippen molar-refractivity contribution in [2.24, 2.45) is 0 Å². The number of fused-ring (bicyclic) bond motifs is 1. The van der Waals surface area contributed by atoms with E-state index >= 15 is 0 Å².